The summed E-state index contributed by atoms with van der Waals surface area (Å²) in [5.41, 5.74) is 0.869. The first-order valence-corrected chi connectivity index (χ1v) is 8.46. The van der Waals surface area contributed by atoms with E-state index in [2.05, 4.69) is 31.8 Å². The van der Waals surface area contributed by atoms with E-state index in [1.807, 2.05) is 25.4 Å². The number of aryl methyl sites for hydroxylation is 2. The Morgan fingerprint density at radius 1 is 1.38 bits per heavy atom. The third-order valence-corrected chi connectivity index (χ3v) is 4.43. The predicted molar refractivity (Wildman–Crippen MR) is 91.1 cm³/mol. The average molecular weight is 331 g/mol. The van der Waals surface area contributed by atoms with Crippen LogP contribution in [0.4, 0.5) is 5.95 Å². The Morgan fingerprint density at radius 2 is 2.17 bits per heavy atom. The maximum Gasteiger partial charge on any atom is 0.226 e. The molecule has 7 nitrogen and oxygen atoms in total. The zero-order valence-electron chi connectivity index (χ0n) is 14.5. The summed E-state index contributed by atoms with van der Waals surface area (Å²) in [6.45, 7) is 6.51. The minimum atomic E-state index is 0.0513. The molecule has 24 heavy (non-hydrogen) atoms. The number of aromatic nitrogens is 4. The van der Waals surface area contributed by atoms with Gasteiger partial charge in [0.1, 0.15) is 5.82 Å². The van der Waals surface area contributed by atoms with E-state index >= 15 is 0 Å². The highest BCUT2D eigenvalue weighted by atomic mass is 16.5. The third-order valence-electron chi connectivity index (χ3n) is 4.43. The highest BCUT2D eigenvalue weighted by Crippen LogP contribution is 2.32. The quantitative estimate of drug-likeness (QED) is 0.877. The van der Waals surface area contributed by atoms with Crippen LogP contribution in [0.2, 0.25) is 0 Å². The van der Waals surface area contributed by atoms with Gasteiger partial charge in [-0.2, -0.15) is 4.98 Å². The van der Waals surface area contributed by atoms with Crippen molar-refractivity contribution in [3.63, 3.8) is 0 Å². The van der Waals surface area contributed by atoms with Crippen molar-refractivity contribution in [1.29, 1.82) is 0 Å². The minimum absolute atomic E-state index is 0.0513. The van der Waals surface area contributed by atoms with Crippen molar-refractivity contribution >= 4 is 5.95 Å². The monoisotopic (exact) mass is 331 g/mol. The summed E-state index contributed by atoms with van der Waals surface area (Å²) in [5.74, 6) is 2.60. The van der Waals surface area contributed by atoms with E-state index in [-0.39, 0.29) is 6.04 Å². The Kier molecular flexibility index (Phi) is 5.30. The van der Waals surface area contributed by atoms with Crippen LogP contribution in [-0.4, -0.2) is 39.8 Å². The summed E-state index contributed by atoms with van der Waals surface area (Å²) >= 11 is 0. The zero-order valence-corrected chi connectivity index (χ0v) is 14.5. The van der Waals surface area contributed by atoms with Crippen molar-refractivity contribution < 1.29 is 9.47 Å². The van der Waals surface area contributed by atoms with E-state index in [0.717, 1.165) is 44.1 Å². The van der Waals surface area contributed by atoms with Gasteiger partial charge >= 0.3 is 0 Å². The van der Waals surface area contributed by atoms with Crippen LogP contribution in [0.15, 0.2) is 18.5 Å². The van der Waals surface area contributed by atoms with Crippen LogP contribution in [0.5, 0.6) is 5.88 Å². The van der Waals surface area contributed by atoms with Crippen LogP contribution in [0.25, 0.3) is 0 Å². The van der Waals surface area contributed by atoms with E-state index in [9.17, 15) is 0 Å². The van der Waals surface area contributed by atoms with Crippen LogP contribution >= 0.6 is 0 Å². The summed E-state index contributed by atoms with van der Waals surface area (Å²) in [4.78, 5) is 13.5. The number of rotatable bonds is 6. The van der Waals surface area contributed by atoms with Gasteiger partial charge in [0, 0.05) is 43.9 Å². The minimum Gasteiger partial charge on any atom is -0.481 e. The van der Waals surface area contributed by atoms with Gasteiger partial charge in [-0.3, -0.25) is 0 Å². The second-order valence-corrected chi connectivity index (χ2v) is 6.02. The topological polar surface area (TPSA) is 74.1 Å². The van der Waals surface area contributed by atoms with Crippen LogP contribution in [-0.2, 0) is 11.3 Å². The van der Waals surface area contributed by atoms with E-state index < -0.39 is 0 Å². The summed E-state index contributed by atoms with van der Waals surface area (Å²) < 4.78 is 13.0. The Balaban J connectivity index is 1.91. The molecule has 1 fully saturated rings. The molecule has 1 aliphatic rings. The lowest BCUT2D eigenvalue weighted by Crippen LogP contribution is -2.30. The molecule has 1 N–H and O–H groups in total. The molecule has 0 saturated carbocycles. The van der Waals surface area contributed by atoms with Crippen molar-refractivity contribution in [1.82, 2.24) is 19.5 Å². The largest absolute Gasteiger partial charge is 0.481 e. The fraction of sp³-hybridized carbons (Fsp3) is 0.588. The molecule has 0 aliphatic carbocycles. The Morgan fingerprint density at radius 3 is 2.88 bits per heavy atom. The number of nitrogens with one attached hydrogen (secondary N) is 1. The van der Waals surface area contributed by atoms with Crippen molar-refractivity contribution in [2.24, 2.45) is 5.92 Å². The fourth-order valence-corrected chi connectivity index (χ4v) is 3.16. The number of nitrogens with zero attached hydrogens (tertiary/aromatic N) is 4. The van der Waals surface area contributed by atoms with Gasteiger partial charge in [-0.05, 0) is 32.6 Å². The van der Waals surface area contributed by atoms with Gasteiger partial charge in [0.15, 0.2) is 0 Å². The molecule has 0 bridgehead atoms. The molecule has 0 aromatic carbocycles. The standard InChI is InChI=1S/C17H25N5O2/c1-4-22-8-7-18-16(22)15(13-5-9-24-10-6-13)21-17-19-12(2)11-14(20-17)23-3/h7-8,11,13,15H,4-6,9-10H2,1-3H3,(H,19,20,21)/t15-/m0/s1. The van der Waals surface area contributed by atoms with Gasteiger partial charge in [-0.25, -0.2) is 9.97 Å². The molecule has 3 heterocycles. The molecular formula is C17H25N5O2. The molecule has 1 atom stereocenters. The van der Waals surface area contributed by atoms with E-state index in [1.165, 1.54) is 0 Å². The summed E-state index contributed by atoms with van der Waals surface area (Å²) in [6, 6.07) is 1.87. The Labute approximate surface area is 142 Å². The zero-order chi connectivity index (χ0) is 16.9. The van der Waals surface area contributed by atoms with Crippen LogP contribution < -0.4 is 10.1 Å². The number of hydrogen-bond acceptors (Lipinski definition) is 6. The molecular weight excluding hydrogens is 306 g/mol. The van der Waals surface area contributed by atoms with E-state index in [0.29, 0.717) is 17.7 Å². The van der Waals surface area contributed by atoms with Crippen molar-refractivity contribution in [2.75, 3.05) is 25.6 Å². The highest BCUT2D eigenvalue weighted by Gasteiger charge is 2.29. The maximum absolute atomic E-state index is 5.52. The number of hydrogen-bond donors (Lipinski definition) is 1. The lowest BCUT2D eigenvalue weighted by atomic mass is 9.91. The van der Waals surface area contributed by atoms with Gasteiger partial charge in [-0.15, -0.1) is 0 Å². The Bertz CT molecular complexity index is 667. The Hall–Kier alpha value is -2.15. The molecule has 0 unspecified atom stereocenters. The number of anilines is 1. The van der Waals surface area contributed by atoms with Gasteiger partial charge in [-0.1, -0.05) is 0 Å². The molecule has 3 rings (SSSR count). The molecule has 2 aromatic rings. The summed E-state index contributed by atoms with van der Waals surface area (Å²) in [5, 5.41) is 3.50. The summed E-state index contributed by atoms with van der Waals surface area (Å²) in [7, 11) is 1.62. The highest BCUT2D eigenvalue weighted by molar-refractivity contribution is 5.33. The first-order chi connectivity index (χ1) is 11.7. The average Bonchev–Trinajstić information content (AvgIpc) is 3.08. The van der Waals surface area contributed by atoms with Crippen molar-refractivity contribution in [2.45, 2.75) is 39.3 Å². The molecule has 2 aromatic heterocycles. The summed E-state index contributed by atoms with van der Waals surface area (Å²) in [6.07, 6.45) is 5.86. The predicted octanol–water partition coefficient (Wildman–Crippen LogP) is 2.59. The first kappa shape index (κ1) is 16.7. The van der Waals surface area contributed by atoms with Gasteiger partial charge in [0.05, 0.1) is 13.2 Å². The number of methoxy groups -OCH3 is 1. The molecule has 0 radical (unpaired) electrons. The van der Waals surface area contributed by atoms with Crippen LogP contribution in [0.3, 0.4) is 0 Å². The SMILES string of the molecule is CCn1ccnc1[C@@H](Nc1nc(C)cc(OC)n1)C1CCOCC1. The fourth-order valence-electron chi connectivity index (χ4n) is 3.16. The maximum atomic E-state index is 5.52. The third kappa shape index (κ3) is 3.67. The van der Waals surface area contributed by atoms with E-state index in [1.54, 1.807) is 7.11 Å². The van der Waals surface area contributed by atoms with Gasteiger partial charge < -0.3 is 19.4 Å². The number of imidazole rings is 1. The lowest BCUT2D eigenvalue weighted by molar-refractivity contribution is 0.0593. The van der Waals surface area contributed by atoms with Crippen LogP contribution in [0.1, 0.15) is 37.3 Å². The van der Waals surface area contributed by atoms with Gasteiger partial charge in [0.2, 0.25) is 11.8 Å². The molecule has 7 heteroatoms. The number of ether oxygens (including phenoxy) is 2. The second kappa shape index (κ2) is 7.61. The molecule has 1 aliphatic heterocycles. The van der Waals surface area contributed by atoms with Crippen molar-refractivity contribution in [3.05, 3.63) is 30.0 Å². The molecule has 0 spiro atoms. The van der Waals surface area contributed by atoms with Crippen molar-refractivity contribution in [3.8, 4) is 5.88 Å². The molecule has 130 valence electrons. The smallest absolute Gasteiger partial charge is 0.226 e. The second-order valence-electron chi connectivity index (χ2n) is 6.02. The van der Waals surface area contributed by atoms with E-state index in [4.69, 9.17) is 9.47 Å². The van der Waals surface area contributed by atoms with Crippen LogP contribution in [0, 0.1) is 12.8 Å². The molecule has 0 amide bonds. The first-order valence-electron chi connectivity index (χ1n) is 8.46. The lowest BCUT2D eigenvalue weighted by Gasteiger charge is -2.31. The van der Waals surface area contributed by atoms with Gasteiger partial charge in [0.25, 0.3) is 0 Å². The molecule has 1 saturated heterocycles. The normalized spacial score (nSPS) is 16.8.